The highest BCUT2D eigenvalue weighted by molar-refractivity contribution is 9.10. The van der Waals surface area contributed by atoms with E-state index in [1.807, 2.05) is 20.8 Å². The maximum atomic E-state index is 13.8. The van der Waals surface area contributed by atoms with Crippen LogP contribution in [0.3, 0.4) is 0 Å². The number of aromatic nitrogens is 2. The average molecular weight is 406 g/mol. The molecule has 5 nitrogen and oxygen atoms in total. The fourth-order valence-corrected chi connectivity index (χ4v) is 3.70. The van der Waals surface area contributed by atoms with Gasteiger partial charge >= 0.3 is 6.09 Å². The maximum absolute atomic E-state index is 13.8. The normalized spacial score (nSPS) is 24.5. The van der Waals surface area contributed by atoms with Crippen LogP contribution in [0, 0.1) is 23.6 Å². The van der Waals surface area contributed by atoms with Gasteiger partial charge in [0.05, 0.1) is 21.4 Å². The highest BCUT2D eigenvalue weighted by Crippen LogP contribution is 2.47. The van der Waals surface area contributed by atoms with Crippen LogP contribution in [-0.2, 0) is 10.3 Å². The van der Waals surface area contributed by atoms with Crippen LogP contribution in [0.5, 0.6) is 0 Å². The van der Waals surface area contributed by atoms with Crippen molar-refractivity contribution in [3.63, 3.8) is 0 Å². The summed E-state index contributed by atoms with van der Waals surface area (Å²) in [5.41, 5.74) is -0.200. The first-order valence-electron chi connectivity index (χ1n) is 8.09. The number of hydrogen-bond donors (Lipinski definition) is 1. The van der Waals surface area contributed by atoms with Gasteiger partial charge in [-0.2, -0.15) is 0 Å². The Kier molecular flexibility index (Phi) is 3.42. The number of carbonyl (C=O) groups excluding carboxylic acids is 1. The number of amides is 1. The molecule has 0 spiro atoms. The molecule has 0 radical (unpaired) electrons. The fourth-order valence-electron chi connectivity index (χ4n) is 3.37. The van der Waals surface area contributed by atoms with Gasteiger partial charge in [0.2, 0.25) is 0 Å². The van der Waals surface area contributed by atoms with E-state index < -0.39 is 17.2 Å². The molecule has 1 aromatic carbocycles. The predicted octanol–water partition coefficient (Wildman–Crippen LogP) is 3.93. The standard InChI is InChI=1S/C18H17BrFN3O2/c1-17(2,3)25-16(24)23-7-5-10-4-6-18(10,23)15-21-13-8-11(19)12(20)9-14(13)22-15/h8-10H,5,7H2,1-3H3,(H,21,22)/t10-,18-/m0/s1. The Morgan fingerprint density at radius 1 is 1.52 bits per heavy atom. The molecule has 2 atom stereocenters. The number of likely N-dealkylation sites (tertiary alicyclic amines) is 1. The lowest BCUT2D eigenvalue weighted by Gasteiger charge is -2.39. The molecule has 25 heavy (non-hydrogen) atoms. The number of carbonyl (C=O) groups is 1. The van der Waals surface area contributed by atoms with Crippen LogP contribution in [0.4, 0.5) is 9.18 Å². The summed E-state index contributed by atoms with van der Waals surface area (Å²) in [6.07, 6.45) is 0.359. The highest BCUT2D eigenvalue weighted by Gasteiger charge is 2.57. The van der Waals surface area contributed by atoms with Gasteiger partial charge in [-0.25, -0.2) is 14.2 Å². The van der Waals surface area contributed by atoms with Crippen molar-refractivity contribution in [1.82, 2.24) is 14.9 Å². The van der Waals surface area contributed by atoms with Crippen LogP contribution in [0.15, 0.2) is 16.6 Å². The largest absolute Gasteiger partial charge is 0.444 e. The first kappa shape index (κ1) is 16.4. The lowest BCUT2D eigenvalue weighted by Crippen LogP contribution is -2.52. The topological polar surface area (TPSA) is 58.2 Å². The van der Waals surface area contributed by atoms with Crippen LogP contribution in [-0.4, -0.2) is 33.1 Å². The zero-order valence-electron chi connectivity index (χ0n) is 14.1. The Morgan fingerprint density at radius 2 is 2.28 bits per heavy atom. The molecule has 1 saturated heterocycles. The van der Waals surface area contributed by atoms with Crippen molar-refractivity contribution >= 4 is 33.1 Å². The fraction of sp³-hybridized carbons (Fsp3) is 0.444. The molecule has 2 heterocycles. The van der Waals surface area contributed by atoms with E-state index in [0.717, 1.165) is 6.42 Å². The molecule has 2 aliphatic rings. The van der Waals surface area contributed by atoms with Crippen LogP contribution < -0.4 is 0 Å². The van der Waals surface area contributed by atoms with Crippen molar-refractivity contribution in [3.05, 3.63) is 28.2 Å². The molecule has 0 saturated carbocycles. The second kappa shape index (κ2) is 5.21. The van der Waals surface area contributed by atoms with Crippen molar-refractivity contribution in [2.45, 2.75) is 38.3 Å². The third-order valence-electron chi connectivity index (χ3n) is 4.51. The molecule has 1 aliphatic carbocycles. The molecule has 1 N–H and O–H groups in total. The van der Waals surface area contributed by atoms with Crippen molar-refractivity contribution in [3.8, 4) is 11.8 Å². The number of aromatic amines is 1. The number of H-pyrrole nitrogens is 1. The van der Waals surface area contributed by atoms with Crippen LogP contribution in [0.2, 0.25) is 0 Å². The van der Waals surface area contributed by atoms with Crippen molar-refractivity contribution in [1.29, 1.82) is 0 Å². The first-order valence-corrected chi connectivity index (χ1v) is 8.88. The van der Waals surface area contributed by atoms with Gasteiger partial charge in [0, 0.05) is 12.6 Å². The zero-order valence-corrected chi connectivity index (χ0v) is 15.7. The molecular weight excluding hydrogens is 389 g/mol. The second-order valence-corrected chi connectivity index (χ2v) is 8.23. The van der Waals surface area contributed by atoms with E-state index in [0.29, 0.717) is 27.9 Å². The van der Waals surface area contributed by atoms with Crippen LogP contribution in [0.25, 0.3) is 11.0 Å². The minimum absolute atomic E-state index is 0.00821. The number of ether oxygens (including phenoxy) is 1. The number of halogens is 2. The molecule has 0 bridgehead atoms. The monoisotopic (exact) mass is 405 g/mol. The summed E-state index contributed by atoms with van der Waals surface area (Å²) in [5.74, 6) is 6.44. The molecule has 4 rings (SSSR count). The zero-order chi connectivity index (χ0) is 18.0. The lowest BCUT2D eigenvalue weighted by atomic mass is 9.77. The quantitative estimate of drug-likeness (QED) is 0.731. The van der Waals surface area contributed by atoms with Crippen molar-refractivity contribution < 1.29 is 13.9 Å². The summed E-state index contributed by atoms with van der Waals surface area (Å²) >= 11 is 3.18. The number of imidazole rings is 1. The first-order chi connectivity index (χ1) is 11.7. The van der Waals surface area contributed by atoms with Gasteiger partial charge in [-0.3, -0.25) is 4.90 Å². The Morgan fingerprint density at radius 3 is 2.92 bits per heavy atom. The minimum Gasteiger partial charge on any atom is -0.444 e. The second-order valence-electron chi connectivity index (χ2n) is 7.38. The molecule has 2 aromatic rings. The Hall–Kier alpha value is -2.07. The molecule has 1 aromatic heterocycles. The van der Waals surface area contributed by atoms with E-state index in [4.69, 9.17) is 4.74 Å². The van der Waals surface area contributed by atoms with Gasteiger partial charge < -0.3 is 9.72 Å². The number of rotatable bonds is 1. The van der Waals surface area contributed by atoms with Gasteiger partial charge in [-0.15, -0.1) is 0 Å². The van der Waals surface area contributed by atoms with Gasteiger partial charge in [0.15, 0.2) is 5.54 Å². The highest BCUT2D eigenvalue weighted by atomic mass is 79.9. The maximum Gasteiger partial charge on any atom is 0.411 e. The summed E-state index contributed by atoms with van der Waals surface area (Å²) in [4.78, 5) is 22.1. The third kappa shape index (κ3) is 2.43. The summed E-state index contributed by atoms with van der Waals surface area (Å²) in [5, 5.41) is 0. The lowest BCUT2D eigenvalue weighted by molar-refractivity contribution is 0.0108. The van der Waals surface area contributed by atoms with Gasteiger partial charge in [0.1, 0.15) is 17.2 Å². The molecule has 1 fully saturated rings. The van der Waals surface area contributed by atoms with Gasteiger partial charge in [-0.05, 0) is 49.2 Å². The summed E-state index contributed by atoms with van der Waals surface area (Å²) < 4.78 is 19.7. The smallest absolute Gasteiger partial charge is 0.411 e. The van der Waals surface area contributed by atoms with Crippen LogP contribution in [0.1, 0.15) is 33.0 Å². The number of benzene rings is 1. The van der Waals surface area contributed by atoms with Crippen molar-refractivity contribution in [2.75, 3.05) is 6.54 Å². The Balaban J connectivity index is 1.77. The van der Waals surface area contributed by atoms with E-state index in [9.17, 15) is 9.18 Å². The van der Waals surface area contributed by atoms with Crippen molar-refractivity contribution in [2.24, 2.45) is 5.92 Å². The van der Waals surface area contributed by atoms with E-state index in [1.54, 1.807) is 11.0 Å². The van der Waals surface area contributed by atoms with Gasteiger partial charge in [-0.1, -0.05) is 11.8 Å². The summed E-state index contributed by atoms with van der Waals surface area (Å²) in [7, 11) is 0. The Labute approximate surface area is 153 Å². The molecule has 0 unspecified atom stereocenters. The molecule has 1 aliphatic heterocycles. The predicted molar refractivity (Wildman–Crippen MR) is 94.3 cm³/mol. The number of hydrogen-bond acceptors (Lipinski definition) is 3. The van der Waals surface area contributed by atoms with Crippen LogP contribution >= 0.6 is 15.9 Å². The number of fused-ring (bicyclic) bond motifs is 2. The number of nitrogens with one attached hydrogen (secondary N) is 1. The van der Waals surface area contributed by atoms with E-state index in [-0.39, 0.29) is 11.7 Å². The molecule has 1 amide bonds. The Bertz CT molecular complexity index is 914. The molecule has 7 heteroatoms. The van der Waals surface area contributed by atoms with E-state index in [2.05, 4.69) is 37.7 Å². The third-order valence-corrected chi connectivity index (χ3v) is 5.11. The van der Waals surface area contributed by atoms with Gasteiger partial charge in [0.25, 0.3) is 0 Å². The summed E-state index contributed by atoms with van der Waals surface area (Å²) in [6, 6.07) is 3.01. The molecule has 130 valence electrons. The minimum atomic E-state index is -0.815. The summed E-state index contributed by atoms with van der Waals surface area (Å²) in [6.45, 7) is 6.03. The SMILES string of the molecule is CC(C)(C)OC(=O)N1CC[C@@H]2C#C[C@@]21c1nc2cc(Br)c(F)cc2[nH]1. The molecular formula is C18H17BrFN3O2. The van der Waals surface area contributed by atoms with E-state index in [1.165, 1.54) is 6.07 Å². The van der Waals surface area contributed by atoms with E-state index >= 15 is 0 Å². The average Bonchev–Trinajstić information content (AvgIpc) is 2.97. The number of nitrogens with zero attached hydrogens (tertiary/aromatic N) is 2.